The van der Waals surface area contributed by atoms with E-state index >= 15 is 0 Å². The molecule has 0 saturated carbocycles. The third-order valence-corrected chi connectivity index (χ3v) is 7.17. The molecule has 11 heteroatoms. The largest absolute Gasteiger partial charge is 0.416 e. The SMILES string of the molecule is CC[C@H](C(=O)NC(C)(C)C)N(Cc1ccc(C)cc1)C(=O)CCCN(c1cccc(C(F)(F)F)c1)S(C)(=O)=O. The molecule has 0 aliphatic carbocycles. The molecule has 1 atom stereocenters. The summed E-state index contributed by atoms with van der Waals surface area (Å²) in [7, 11) is -3.93. The van der Waals surface area contributed by atoms with Gasteiger partial charge in [0.25, 0.3) is 0 Å². The van der Waals surface area contributed by atoms with Crippen LogP contribution in [0.5, 0.6) is 0 Å². The molecule has 0 heterocycles. The van der Waals surface area contributed by atoms with Crippen LogP contribution in [0.25, 0.3) is 0 Å². The summed E-state index contributed by atoms with van der Waals surface area (Å²) in [5.74, 6) is -0.656. The lowest BCUT2D eigenvalue weighted by Crippen LogP contribution is -2.53. The first-order valence-corrected chi connectivity index (χ1v) is 14.6. The first-order chi connectivity index (χ1) is 17.9. The molecule has 2 aromatic carbocycles. The van der Waals surface area contributed by atoms with E-state index in [1.54, 1.807) is 6.92 Å². The van der Waals surface area contributed by atoms with Crippen LogP contribution < -0.4 is 9.62 Å². The molecule has 0 aliphatic heterocycles. The van der Waals surface area contributed by atoms with Gasteiger partial charge in [-0.25, -0.2) is 8.42 Å². The fourth-order valence-corrected chi connectivity index (χ4v) is 5.06. The quantitative estimate of drug-likeness (QED) is 0.399. The van der Waals surface area contributed by atoms with Gasteiger partial charge in [0.15, 0.2) is 0 Å². The topological polar surface area (TPSA) is 86.8 Å². The van der Waals surface area contributed by atoms with Crippen LogP contribution in [0.4, 0.5) is 18.9 Å². The first-order valence-electron chi connectivity index (χ1n) is 12.7. The fraction of sp³-hybridized carbons (Fsp3) is 0.500. The summed E-state index contributed by atoms with van der Waals surface area (Å²) >= 11 is 0. The van der Waals surface area contributed by atoms with Gasteiger partial charge < -0.3 is 10.2 Å². The lowest BCUT2D eigenvalue weighted by molar-refractivity contribution is -0.142. The number of rotatable bonds is 11. The molecule has 0 fully saturated rings. The van der Waals surface area contributed by atoms with E-state index in [0.29, 0.717) is 6.42 Å². The van der Waals surface area contributed by atoms with E-state index in [0.717, 1.165) is 39.9 Å². The highest BCUT2D eigenvalue weighted by molar-refractivity contribution is 7.92. The van der Waals surface area contributed by atoms with Crippen molar-refractivity contribution < 1.29 is 31.2 Å². The van der Waals surface area contributed by atoms with Crippen molar-refractivity contribution in [2.24, 2.45) is 0 Å². The Morgan fingerprint density at radius 1 is 1.03 bits per heavy atom. The number of benzene rings is 2. The molecule has 2 amide bonds. The second-order valence-corrected chi connectivity index (χ2v) is 12.6. The Balaban J connectivity index is 2.27. The van der Waals surface area contributed by atoms with Crippen molar-refractivity contribution in [2.75, 3.05) is 17.1 Å². The Morgan fingerprint density at radius 2 is 1.64 bits per heavy atom. The predicted molar refractivity (Wildman–Crippen MR) is 147 cm³/mol. The first kappa shape index (κ1) is 32.1. The van der Waals surface area contributed by atoms with Crippen molar-refractivity contribution >= 4 is 27.5 Å². The van der Waals surface area contributed by atoms with Crippen LogP contribution in [0.3, 0.4) is 0 Å². The Kier molecular flexibility index (Phi) is 10.6. The molecular weight excluding hydrogens is 531 g/mol. The standard InChI is InChI=1S/C28H38F3N3O4S/c1-7-24(26(36)32-27(3,4)5)33(19-21-15-13-20(2)14-16-21)25(35)12-9-17-34(39(6,37)38)23-11-8-10-22(18-23)28(29,30)31/h8,10-11,13-16,18,24H,7,9,12,17,19H2,1-6H3,(H,32,36)/t24-/m1/s1. The number of carbonyl (C=O) groups excluding carboxylic acids is 2. The highest BCUT2D eigenvalue weighted by atomic mass is 32.2. The lowest BCUT2D eigenvalue weighted by Gasteiger charge is -2.33. The maximum atomic E-state index is 13.5. The third-order valence-electron chi connectivity index (χ3n) is 5.97. The molecule has 0 bridgehead atoms. The summed E-state index contributed by atoms with van der Waals surface area (Å²) in [4.78, 5) is 28.1. The monoisotopic (exact) mass is 569 g/mol. The minimum Gasteiger partial charge on any atom is -0.350 e. The van der Waals surface area contributed by atoms with Gasteiger partial charge in [-0.15, -0.1) is 0 Å². The summed E-state index contributed by atoms with van der Waals surface area (Å²) in [5, 5.41) is 2.92. The van der Waals surface area contributed by atoms with E-state index in [4.69, 9.17) is 0 Å². The average molecular weight is 570 g/mol. The molecule has 1 N–H and O–H groups in total. The van der Waals surface area contributed by atoms with E-state index in [9.17, 15) is 31.2 Å². The molecule has 0 radical (unpaired) electrons. The number of hydrogen-bond acceptors (Lipinski definition) is 4. The number of amides is 2. The van der Waals surface area contributed by atoms with Gasteiger partial charge in [-0.05, 0) is 64.3 Å². The number of nitrogens with zero attached hydrogens (tertiary/aromatic N) is 2. The highest BCUT2D eigenvalue weighted by Gasteiger charge is 2.32. The second-order valence-electron chi connectivity index (χ2n) is 10.7. The van der Waals surface area contributed by atoms with Gasteiger partial charge in [0.05, 0.1) is 17.5 Å². The molecule has 0 aliphatic rings. The summed E-state index contributed by atoms with van der Waals surface area (Å²) in [6, 6.07) is 10.9. The van der Waals surface area contributed by atoms with Crippen LogP contribution in [0.15, 0.2) is 48.5 Å². The van der Waals surface area contributed by atoms with Gasteiger partial charge in [-0.3, -0.25) is 13.9 Å². The average Bonchev–Trinajstić information content (AvgIpc) is 2.80. The van der Waals surface area contributed by atoms with Gasteiger partial charge >= 0.3 is 6.18 Å². The van der Waals surface area contributed by atoms with E-state index in [1.807, 2.05) is 52.0 Å². The number of halogens is 3. The van der Waals surface area contributed by atoms with Crippen LogP contribution in [-0.4, -0.2) is 49.5 Å². The summed E-state index contributed by atoms with van der Waals surface area (Å²) < 4.78 is 65.4. The maximum absolute atomic E-state index is 13.5. The number of aryl methyl sites for hydroxylation is 1. The van der Waals surface area contributed by atoms with Crippen molar-refractivity contribution in [1.29, 1.82) is 0 Å². The van der Waals surface area contributed by atoms with Gasteiger partial charge in [0, 0.05) is 25.0 Å². The predicted octanol–water partition coefficient (Wildman–Crippen LogP) is 5.28. The van der Waals surface area contributed by atoms with Crippen LogP contribution in [0, 0.1) is 6.92 Å². The Morgan fingerprint density at radius 3 is 2.15 bits per heavy atom. The number of nitrogens with one attached hydrogen (secondary N) is 1. The Bertz CT molecular complexity index is 1240. The number of alkyl halides is 3. The number of carbonyl (C=O) groups is 2. The van der Waals surface area contributed by atoms with E-state index in [-0.39, 0.29) is 43.4 Å². The Hall–Kier alpha value is -3.08. The van der Waals surface area contributed by atoms with E-state index in [2.05, 4.69) is 5.32 Å². The summed E-state index contributed by atoms with van der Waals surface area (Å²) in [6.45, 7) is 9.26. The van der Waals surface area contributed by atoms with Crippen molar-refractivity contribution in [3.05, 3.63) is 65.2 Å². The van der Waals surface area contributed by atoms with Crippen molar-refractivity contribution in [2.45, 2.75) is 78.2 Å². The smallest absolute Gasteiger partial charge is 0.350 e. The summed E-state index contributed by atoms with van der Waals surface area (Å²) in [5.41, 5.74) is 0.267. The van der Waals surface area contributed by atoms with Crippen molar-refractivity contribution in [3.8, 4) is 0 Å². The fourth-order valence-electron chi connectivity index (χ4n) is 4.10. The van der Waals surface area contributed by atoms with Crippen LogP contribution in [0.1, 0.15) is 63.6 Å². The van der Waals surface area contributed by atoms with Crippen LogP contribution >= 0.6 is 0 Å². The molecule has 7 nitrogen and oxygen atoms in total. The maximum Gasteiger partial charge on any atom is 0.416 e. The zero-order valence-electron chi connectivity index (χ0n) is 23.3. The molecule has 0 spiro atoms. The highest BCUT2D eigenvalue weighted by Crippen LogP contribution is 2.32. The minimum absolute atomic E-state index is 0.0455. The number of hydrogen-bond donors (Lipinski definition) is 1. The van der Waals surface area contributed by atoms with E-state index < -0.39 is 33.3 Å². The number of sulfonamides is 1. The molecule has 216 valence electrons. The van der Waals surface area contributed by atoms with Crippen molar-refractivity contribution in [3.63, 3.8) is 0 Å². The molecule has 2 aromatic rings. The lowest BCUT2D eigenvalue weighted by atomic mass is 10.0. The van der Waals surface area contributed by atoms with Crippen LogP contribution in [0.2, 0.25) is 0 Å². The summed E-state index contributed by atoms with van der Waals surface area (Å²) in [6.07, 6.45) is -3.42. The molecular formula is C28H38F3N3O4S. The molecule has 0 unspecified atom stereocenters. The minimum atomic E-state index is -4.63. The van der Waals surface area contributed by atoms with Crippen LogP contribution in [-0.2, 0) is 32.3 Å². The zero-order valence-corrected chi connectivity index (χ0v) is 24.1. The van der Waals surface area contributed by atoms with Gasteiger partial charge in [0.2, 0.25) is 21.8 Å². The van der Waals surface area contributed by atoms with Gasteiger partial charge in [-0.2, -0.15) is 13.2 Å². The van der Waals surface area contributed by atoms with Gasteiger partial charge in [-0.1, -0.05) is 42.8 Å². The molecule has 0 aromatic heterocycles. The van der Waals surface area contributed by atoms with E-state index in [1.165, 1.54) is 11.0 Å². The number of anilines is 1. The second kappa shape index (κ2) is 12.8. The molecule has 39 heavy (non-hydrogen) atoms. The zero-order chi connectivity index (χ0) is 29.6. The molecule has 2 rings (SSSR count). The van der Waals surface area contributed by atoms with Crippen molar-refractivity contribution in [1.82, 2.24) is 10.2 Å². The normalized spacial score (nSPS) is 13.1. The molecule has 0 saturated heterocycles. The van der Waals surface area contributed by atoms with Gasteiger partial charge in [0.1, 0.15) is 6.04 Å². The third kappa shape index (κ3) is 9.87. The Labute approximate surface area is 229 Å².